The van der Waals surface area contributed by atoms with Crippen LogP contribution in [0.2, 0.25) is 0 Å². The van der Waals surface area contributed by atoms with E-state index in [9.17, 15) is 4.79 Å². The second-order valence-electron chi connectivity index (χ2n) is 5.74. The van der Waals surface area contributed by atoms with Crippen LogP contribution in [-0.4, -0.2) is 22.6 Å². The molecular weight excluding hydrogens is 314 g/mol. The van der Waals surface area contributed by atoms with Crippen molar-refractivity contribution in [1.82, 2.24) is 9.55 Å². The third-order valence-electron chi connectivity index (χ3n) is 3.83. The molecule has 2 N–H and O–H groups in total. The topological polar surface area (TPSA) is 70.1 Å². The molecule has 0 fully saturated rings. The highest BCUT2D eigenvalue weighted by Crippen LogP contribution is 2.23. The Morgan fingerprint density at radius 3 is 2.43 bits per heavy atom. The highest BCUT2D eigenvalue weighted by atomic mass is 35.5. The predicted molar refractivity (Wildman–Crippen MR) is 92.9 cm³/mol. The first-order valence-electron chi connectivity index (χ1n) is 7.40. The monoisotopic (exact) mass is 337 g/mol. The van der Waals surface area contributed by atoms with Crippen LogP contribution in [0, 0.1) is 12.8 Å². The summed E-state index contributed by atoms with van der Waals surface area (Å²) in [6, 6.07) is 9.81. The number of hydrogen-bond donors (Lipinski definition) is 1. The van der Waals surface area contributed by atoms with Crippen molar-refractivity contribution in [3.8, 4) is 0 Å². The van der Waals surface area contributed by atoms with Crippen molar-refractivity contribution in [2.75, 3.05) is 7.11 Å². The number of benzene rings is 1. The number of rotatable bonds is 5. The minimum absolute atomic E-state index is 0. The van der Waals surface area contributed by atoms with Crippen molar-refractivity contribution in [2.45, 2.75) is 33.4 Å². The molecular formula is C17H24ClN3O2. The highest BCUT2D eigenvalue weighted by Gasteiger charge is 2.25. The van der Waals surface area contributed by atoms with E-state index >= 15 is 0 Å². The van der Waals surface area contributed by atoms with Gasteiger partial charge in [0, 0.05) is 12.2 Å². The predicted octanol–water partition coefficient (Wildman–Crippen LogP) is 3.10. The van der Waals surface area contributed by atoms with Gasteiger partial charge in [0.1, 0.15) is 5.82 Å². The third-order valence-corrected chi connectivity index (χ3v) is 3.83. The summed E-state index contributed by atoms with van der Waals surface area (Å²) in [6.07, 6.45) is 0. The van der Waals surface area contributed by atoms with Crippen molar-refractivity contribution < 1.29 is 9.53 Å². The zero-order valence-corrected chi connectivity index (χ0v) is 14.8. The standard InChI is InChI=1S/C17H23N3O2.ClH/c1-11(2)14(18)16-19-15(17(21)22-4)12(3)20(16)10-13-8-6-5-7-9-13;/h5-9,11,14H,10,18H2,1-4H3;1H/t14-;/m0./s1. The molecule has 0 aliphatic rings. The molecule has 0 saturated heterocycles. The van der Waals surface area contributed by atoms with E-state index in [1.165, 1.54) is 7.11 Å². The van der Waals surface area contributed by atoms with Crippen molar-refractivity contribution >= 4 is 18.4 Å². The van der Waals surface area contributed by atoms with E-state index in [2.05, 4.69) is 4.98 Å². The van der Waals surface area contributed by atoms with Gasteiger partial charge in [0.2, 0.25) is 0 Å². The lowest BCUT2D eigenvalue weighted by atomic mass is 10.0. The van der Waals surface area contributed by atoms with Gasteiger partial charge in [0.15, 0.2) is 5.69 Å². The average Bonchev–Trinajstić information content (AvgIpc) is 2.84. The summed E-state index contributed by atoms with van der Waals surface area (Å²) in [5, 5.41) is 0. The van der Waals surface area contributed by atoms with Crippen LogP contribution in [0.25, 0.3) is 0 Å². The van der Waals surface area contributed by atoms with Gasteiger partial charge in [0.05, 0.1) is 13.2 Å². The van der Waals surface area contributed by atoms with E-state index in [1.54, 1.807) is 0 Å². The van der Waals surface area contributed by atoms with Crippen LogP contribution < -0.4 is 5.73 Å². The Kier molecular flexibility index (Phi) is 6.79. The first-order chi connectivity index (χ1) is 10.5. The quantitative estimate of drug-likeness (QED) is 0.851. The van der Waals surface area contributed by atoms with Gasteiger partial charge >= 0.3 is 5.97 Å². The fourth-order valence-corrected chi connectivity index (χ4v) is 2.36. The lowest BCUT2D eigenvalue weighted by Gasteiger charge is -2.18. The average molecular weight is 338 g/mol. The minimum Gasteiger partial charge on any atom is -0.464 e. The molecule has 0 amide bonds. The number of carbonyl (C=O) groups is 1. The molecule has 23 heavy (non-hydrogen) atoms. The molecule has 0 unspecified atom stereocenters. The minimum atomic E-state index is -0.429. The van der Waals surface area contributed by atoms with Crippen molar-refractivity contribution in [1.29, 1.82) is 0 Å². The fourth-order valence-electron chi connectivity index (χ4n) is 2.36. The summed E-state index contributed by atoms with van der Waals surface area (Å²) >= 11 is 0. The lowest BCUT2D eigenvalue weighted by Crippen LogP contribution is -2.22. The van der Waals surface area contributed by atoms with Gasteiger partial charge in [-0.3, -0.25) is 0 Å². The molecule has 6 heteroatoms. The number of halogens is 1. The Labute approximate surface area is 143 Å². The summed E-state index contributed by atoms with van der Waals surface area (Å²) in [4.78, 5) is 16.4. The zero-order chi connectivity index (χ0) is 16.3. The van der Waals surface area contributed by atoms with E-state index in [1.807, 2.05) is 55.7 Å². The molecule has 5 nitrogen and oxygen atoms in total. The van der Waals surface area contributed by atoms with Crippen LogP contribution in [0.3, 0.4) is 0 Å². The first kappa shape index (κ1) is 19.2. The number of aromatic nitrogens is 2. The number of esters is 1. The molecule has 0 aliphatic carbocycles. The Balaban J connectivity index is 0.00000264. The van der Waals surface area contributed by atoms with E-state index in [4.69, 9.17) is 10.5 Å². The summed E-state index contributed by atoms with van der Waals surface area (Å²) < 4.78 is 6.83. The van der Waals surface area contributed by atoms with Crippen molar-refractivity contribution in [2.24, 2.45) is 11.7 Å². The molecule has 0 spiro atoms. The number of nitrogens with zero attached hydrogens (tertiary/aromatic N) is 2. The van der Waals surface area contributed by atoms with E-state index < -0.39 is 5.97 Å². The summed E-state index contributed by atoms with van der Waals surface area (Å²) in [5.74, 6) is 0.514. The normalized spacial score (nSPS) is 11.9. The first-order valence-corrected chi connectivity index (χ1v) is 7.40. The van der Waals surface area contributed by atoms with Gasteiger partial charge in [-0.15, -0.1) is 12.4 Å². The molecule has 0 aliphatic heterocycles. The highest BCUT2D eigenvalue weighted by molar-refractivity contribution is 5.88. The second kappa shape index (κ2) is 8.13. The van der Waals surface area contributed by atoms with Crippen LogP contribution in [0.4, 0.5) is 0 Å². The maximum atomic E-state index is 11.9. The summed E-state index contributed by atoms with van der Waals surface area (Å²) in [7, 11) is 1.36. The van der Waals surface area contributed by atoms with Crippen LogP contribution >= 0.6 is 12.4 Å². The van der Waals surface area contributed by atoms with E-state index in [0.29, 0.717) is 12.2 Å². The van der Waals surface area contributed by atoms with Gasteiger partial charge in [-0.2, -0.15) is 0 Å². The van der Waals surface area contributed by atoms with E-state index in [-0.39, 0.29) is 24.4 Å². The van der Waals surface area contributed by atoms with Crippen LogP contribution in [0.5, 0.6) is 0 Å². The number of carbonyl (C=O) groups excluding carboxylic acids is 1. The van der Waals surface area contributed by atoms with Crippen molar-refractivity contribution in [3.05, 3.63) is 53.1 Å². The molecule has 1 aromatic carbocycles. The van der Waals surface area contributed by atoms with Gasteiger partial charge in [-0.05, 0) is 18.4 Å². The number of ether oxygens (including phenoxy) is 1. The maximum Gasteiger partial charge on any atom is 0.358 e. The fraction of sp³-hybridized carbons (Fsp3) is 0.412. The number of nitrogens with two attached hydrogens (primary N) is 1. The third kappa shape index (κ3) is 4.12. The maximum absolute atomic E-state index is 11.9. The molecule has 1 atom stereocenters. The van der Waals surface area contributed by atoms with Crippen LogP contribution in [-0.2, 0) is 11.3 Å². The molecule has 0 bridgehead atoms. The van der Waals surface area contributed by atoms with Crippen LogP contribution in [0.15, 0.2) is 30.3 Å². The van der Waals surface area contributed by atoms with Gasteiger partial charge in [-0.25, -0.2) is 9.78 Å². The largest absolute Gasteiger partial charge is 0.464 e. The smallest absolute Gasteiger partial charge is 0.358 e. The Hall–Kier alpha value is -1.85. The molecule has 1 heterocycles. The summed E-state index contributed by atoms with van der Waals surface area (Å²) in [6.45, 7) is 6.59. The van der Waals surface area contributed by atoms with Crippen molar-refractivity contribution in [3.63, 3.8) is 0 Å². The van der Waals surface area contributed by atoms with Crippen LogP contribution in [0.1, 0.15) is 47.5 Å². The molecule has 1 aromatic heterocycles. The SMILES string of the molecule is COC(=O)c1nc([C@@H](N)C(C)C)n(Cc2ccccc2)c1C.Cl. The number of hydrogen-bond acceptors (Lipinski definition) is 4. The lowest BCUT2D eigenvalue weighted by molar-refractivity contribution is 0.0593. The Morgan fingerprint density at radius 1 is 1.30 bits per heavy atom. The van der Waals surface area contributed by atoms with Gasteiger partial charge in [0.25, 0.3) is 0 Å². The van der Waals surface area contributed by atoms with Gasteiger partial charge < -0.3 is 15.0 Å². The number of methoxy groups -OCH3 is 1. The van der Waals surface area contributed by atoms with Gasteiger partial charge in [-0.1, -0.05) is 44.2 Å². The Morgan fingerprint density at radius 2 is 1.91 bits per heavy atom. The zero-order valence-electron chi connectivity index (χ0n) is 13.9. The molecule has 2 rings (SSSR count). The Bertz CT molecular complexity index is 653. The molecule has 126 valence electrons. The second-order valence-corrected chi connectivity index (χ2v) is 5.74. The molecule has 2 aromatic rings. The summed E-state index contributed by atoms with van der Waals surface area (Å²) in [5.41, 5.74) is 8.53. The van der Waals surface area contributed by atoms with E-state index in [0.717, 1.165) is 17.1 Å². The molecule has 0 saturated carbocycles. The number of imidazole rings is 1. The molecule has 0 radical (unpaired) electrons.